The van der Waals surface area contributed by atoms with Gasteiger partial charge in [0.05, 0.1) is 5.69 Å². The first kappa shape index (κ1) is 11.3. The van der Waals surface area contributed by atoms with E-state index in [4.69, 9.17) is 5.11 Å². The van der Waals surface area contributed by atoms with Crippen molar-refractivity contribution in [1.29, 1.82) is 0 Å². The first-order chi connectivity index (χ1) is 7.99. The quantitative estimate of drug-likeness (QED) is 0.867. The Hall–Kier alpha value is -2.17. The number of hydrogen-bond donors (Lipinski definition) is 1. The van der Waals surface area contributed by atoms with Crippen LogP contribution in [0.4, 0.5) is 4.39 Å². The van der Waals surface area contributed by atoms with Crippen LogP contribution in [0.5, 0.6) is 0 Å². The number of halogens is 1. The van der Waals surface area contributed by atoms with E-state index in [1.54, 1.807) is 13.0 Å². The second-order valence-electron chi connectivity index (χ2n) is 3.82. The number of aromatic nitrogens is 2. The van der Waals surface area contributed by atoms with Crippen LogP contribution in [-0.4, -0.2) is 20.9 Å². The summed E-state index contributed by atoms with van der Waals surface area (Å²) in [5.41, 5.74) is 1.98. The minimum absolute atomic E-state index is 0.0499. The number of carboxylic acid groups (broad SMARTS) is 1. The van der Waals surface area contributed by atoms with Gasteiger partial charge < -0.3 is 5.11 Å². The summed E-state index contributed by atoms with van der Waals surface area (Å²) < 4.78 is 14.6. The van der Waals surface area contributed by atoms with Crippen molar-refractivity contribution in [3.8, 4) is 5.69 Å². The maximum absolute atomic E-state index is 13.2. The van der Waals surface area contributed by atoms with Gasteiger partial charge in [-0.2, -0.15) is 5.10 Å². The van der Waals surface area contributed by atoms with Gasteiger partial charge in [-0.25, -0.2) is 13.9 Å². The van der Waals surface area contributed by atoms with Gasteiger partial charge in [-0.3, -0.25) is 0 Å². The summed E-state index contributed by atoms with van der Waals surface area (Å²) in [7, 11) is 0. The first-order valence-corrected chi connectivity index (χ1v) is 5.05. The lowest BCUT2D eigenvalue weighted by Crippen LogP contribution is -2.04. The molecule has 17 heavy (non-hydrogen) atoms. The summed E-state index contributed by atoms with van der Waals surface area (Å²) in [5.74, 6) is -1.47. The first-order valence-electron chi connectivity index (χ1n) is 5.05. The highest BCUT2D eigenvalue weighted by Crippen LogP contribution is 2.17. The average molecular weight is 234 g/mol. The molecule has 0 aliphatic rings. The van der Waals surface area contributed by atoms with E-state index in [0.717, 1.165) is 5.56 Å². The Kier molecular flexibility index (Phi) is 2.67. The van der Waals surface area contributed by atoms with Gasteiger partial charge >= 0.3 is 5.97 Å². The second kappa shape index (κ2) is 4.01. The lowest BCUT2D eigenvalue weighted by molar-refractivity contribution is 0.0690. The van der Waals surface area contributed by atoms with Crippen molar-refractivity contribution in [3.05, 3.63) is 47.0 Å². The van der Waals surface area contributed by atoms with Gasteiger partial charge in [-0.05, 0) is 37.6 Å². The molecule has 5 heteroatoms. The highest BCUT2D eigenvalue weighted by molar-refractivity contribution is 5.85. The molecule has 0 amide bonds. The van der Waals surface area contributed by atoms with E-state index in [0.29, 0.717) is 11.4 Å². The smallest absolute Gasteiger partial charge is 0.356 e. The van der Waals surface area contributed by atoms with E-state index in [-0.39, 0.29) is 11.5 Å². The van der Waals surface area contributed by atoms with Crippen LogP contribution in [0.2, 0.25) is 0 Å². The number of benzene rings is 1. The summed E-state index contributed by atoms with van der Waals surface area (Å²) in [6.45, 7) is 3.54. The topological polar surface area (TPSA) is 55.1 Å². The molecule has 0 saturated heterocycles. The van der Waals surface area contributed by atoms with E-state index in [2.05, 4.69) is 5.10 Å². The molecule has 2 rings (SSSR count). The van der Waals surface area contributed by atoms with Crippen LogP contribution in [0.3, 0.4) is 0 Å². The molecular formula is C12H11FN2O2. The van der Waals surface area contributed by atoms with Crippen LogP contribution in [0.15, 0.2) is 24.3 Å². The number of rotatable bonds is 2. The fourth-order valence-electron chi connectivity index (χ4n) is 1.63. The summed E-state index contributed by atoms with van der Waals surface area (Å²) in [5, 5.41) is 12.8. The normalized spacial score (nSPS) is 10.5. The minimum atomic E-state index is -1.10. The number of aryl methyl sites for hydroxylation is 2. The molecule has 1 N–H and O–H groups in total. The number of aromatic carboxylic acids is 1. The maximum Gasteiger partial charge on any atom is 0.356 e. The molecule has 2 aromatic rings. The number of carboxylic acids is 1. The molecule has 1 aromatic heterocycles. The van der Waals surface area contributed by atoms with Crippen molar-refractivity contribution in [2.45, 2.75) is 13.8 Å². The van der Waals surface area contributed by atoms with E-state index in [1.807, 2.05) is 6.92 Å². The molecule has 0 saturated carbocycles. The molecule has 0 fully saturated rings. The van der Waals surface area contributed by atoms with Gasteiger partial charge in [-0.15, -0.1) is 0 Å². The highest BCUT2D eigenvalue weighted by Gasteiger charge is 2.13. The Morgan fingerprint density at radius 1 is 1.35 bits per heavy atom. The second-order valence-corrected chi connectivity index (χ2v) is 3.82. The molecule has 0 aliphatic heterocycles. The summed E-state index contributed by atoms with van der Waals surface area (Å²) >= 11 is 0. The summed E-state index contributed by atoms with van der Waals surface area (Å²) in [4.78, 5) is 10.8. The highest BCUT2D eigenvalue weighted by atomic mass is 19.1. The van der Waals surface area contributed by atoms with Crippen molar-refractivity contribution in [3.63, 3.8) is 0 Å². The Bertz CT molecular complexity index is 590. The molecule has 0 bridgehead atoms. The Balaban J connectivity index is 2.60. The number of hydrogen-bond acceptors (Lipinski definition) is 2. The van der Waals surface area contributed by atoms with Crippen LogP contribution < -0.4 is 0 Å². The van der Waals surface area contributed by atoms with Crippen molar-refractivity contribution in [2.24, 2.45) is 0 Å². The Labute approximate surface area is 97.3 Å². The molecule has 4 nitrogen and oxygen atoms in total. The van der Waals surface area contributed by atoms with Gasteiger partial charge in [0.15, 0.2) is 5.69 Å². The van der Waals surface area contributed by atoms with E-state index in [1.165, 1.54) is 22.9 Å². The third-order valence-corrected chi connectivity index (χ3v) is 2.51. The van der Waals surface area contributed by atoms with Gasteiger partial charge in [0.2, 0.25) is 0 Å². The fraction of sp³-hybridized carbons (Fsp3) is 0.167. The summed E-state index contributed by atoms with van der Waals surface area (Å²) in [6, 6.07) is 5.77. The molecule has 0 spiro atoms. The molecule has 0 unspecified atom stereocenters. The zero-order chi connectivity index (χ0) is 12.6. The van der Waals surface area contributed by atoms with Gasteiger partial charge in [0.25, 0.3) is 0 Å². The molecule has 0 radical (unpaired) electrons. The fourth-order valence-corrected chi connectivity index (χ4v) is 1.63. The van der Waals surface area contributed by atoms with Gasteiger partial charge in [-0.1, -0.05) is 6.07 Å². The lowest BCUT2D eigenvalue weighted by Gasteiger charge is -2.07. The van der Waals surface area contributed by atoms with Crippen LogP contribution in [0, 0.1) is 19.7 Å². The van der Waals surface area contributed by atoms with E-state index < -0.39 is 5.97 Å². The molecule has 88 valence electrons. The average Bonchev–Trinajstić information content (AvgIpc) is 2.64. The third-order valence-electron chi connectivity index (χ3n) is 2.51. The van der Waals surface area contributed by atoms with Crippen molar-refractivity contribution in [1.82, 2.24) is 9.78 Å². The molecule has 0 aliphatic carbocycles. The minimum Gasteiger partial charge on any atom is -0.476 e. The van der Waals surface area contributed by atoms with Crippen LogP contribution in [0.1, 0.15) is 21.7 Å². The zero-order valence-electron chi connectivity index (χ0n) is 9.44. The molecular weight excluding hydrogens is 223 g/mol. The van der Waals surface area contributed by atoms with Crippen LogP contribution in [-0.2, 0) is 0 Å². The summed E-state index contributed by atoms with van der Waals surface area (Å²) in [6.07, 6.45) is 0. The zero-order valence-corrected chi connectivity index (χ0v) is 9.44. The molecule has 1 aromatic carbocycles. The molecule has 1 heterocycles. The van der Waals surface area contributed by atoms with Crippen LogP contribution >= 0.6 is 0 Å². The third kappa shape index (κ3) is 2.04. The van der Waals surface area contributed by atoms with Crippen LogP contribution in [0.25, 0.3) is 5.69 Å². The van der Waals surface area contributed by atoms with Gasteiger partial charge in [0, 0.05) is 5.69 Å². The standard InChI is InChI=1S/C12H11FN2O2/c1-7-3-4-9(13)6-11(7)15-8(2)5-10(14-15)12(16)17/h3-6H,1-2H3,(H,16,17). The molecule has 0 atom stereocenters. The van der Waals surface area contributed by atoms with Crippen molar-refractivity contribution < 1.29 is 14.3 Å². The van der Waals surface area contributed by atoms with E-state index >= 15 is 0 Å². The largest absolute Gasteiger partial charge is 0.476 e. The Morgan fingerprint density at radius 3 is 2.65 bits per heavy atom. The lowest BCUT2D eigenvalue weighted by atomic mass is 10.2. The predicted octanol–water partition coefficient (Wildman–Crippen LogP) is 2.33. The Morgan fingerprint density at radius 2 is 2.06 bits per heavy atom. The number of carbonyl (C=O) groups is 1. The monoisotopic (exact) mass is 234 g/mol. The maximum atomic E-state index is 13.2. The van der Waals surface area contributed by atoms with E-state index in [9.17, 15) is 9.18 Å². The van der Waals surface area contributed by atoms with Crippen molar-refractivity contribution in [2.75, 3.05) is 0 Å². The number of nitrogens with zero attached hydrogens (tertiary/aromatic N) is 2. The van der Waals surface area contributed by atoms with Crippen molar-refractivity contribution >= 4 is 5.97 Å². The SMILES string of the molecule is Cc1ccc(F)cc1-n1nc(C(=O)O)cc1C. The van der Waals surface area contributed by atoms with Gasteiger partial charge in [0.1, 0.15) is 5.82 Å². The predicted molar refractivity (Wildman–Crippen MR) is 60.0 cm³/mol.